The highest BCUT2D eigenvalue weighted by atomic mass is 31.1. The summed E-state index contributed by atoms with van der Waals surface area (Å²) in [5.74, 6) is 0.487. The Morgan fingerprint density at radius 2 is 1.62 bits per heavy atom. The number of anilines is 1. The zero-order valence-electron chi connectivity index (χ0n) is 16.8. The summed E-state index contributed by atoms with van der Waals surface area (Å²) in [5.41, 5.74) is 4.50. The van der Waals surface area contributed by atoms with Crippen LogP contribution in [0.25, 0.3) is 0 Å². The van der Waals surface area contributed by atoms with Gasteiger partial charge in [-0.15, -0.1) is 0 Å². The summed E-state index contributed by atoms with van der Waals surface area (Å²) in [6.45, 7) is 4.33. The van der Waals surface area contributed by atoms with E-state index in [0.29, 0.717) is 17.6 Å². The van der Waals surface area contributed by atoms with Gasteiger partial charge in [0, 0.05) is 17.2 Å². The van der Waals surface area contributed by atoms with E-state index in [4.69, 9.17) is 4.74 Å². The molecule has 1 unspecified atom stereocenters. The molecule has 1 atom stereocenters. The van der Waals surface area contributed by atoms with E-state index in [1.165, 1.54) is 11.1 Å². The van der Waals surface area contributed by atoms with E-state index < -0.39 is 14.2 Å². The average molecular weight is 407 g/mol. The smallest absolute Gasteiger partial charge is 0.410 e. The molecule has 0 spiro atoms. The van der Waals surface area contributed by atoms with Gasteiger partial charge in [-0.05, 0) is 53.8 Å². The van der Waals surface area contributed by atoms with Crippen LogP contribution in [0, 0.1) is 0 Å². The summed E-state index contributed by atoms with van der Waals surface area (Å²) in [4.78, 5) is 22.7. The number of para-hydroxylation sites is 1. The fourth-order valence-corrected chi connectivity index (χ4v) is 4.39. The predicted octanol–water partition coefficient (Wildman–Crippen LogP) is 5.64. The van der Waals surface area contributed by atoms with Crippen LogP contribution in [0.5, 0.6) is 5.75 Å². The molecule has 2 N–H and O–H groups in total. The Hall–Kier alpha value is -2.68. The standard InChI is InChI=1S/C24H26NO3P/c1-3-19-11-10-18(16-20(19)4-2)17-29(27)23-14-12-21(13-15-23)25-24(26)28-22-8-6-5-7-9-22/h5-16,27H,3-4,17H2,1-2H3,(H,25,26). The van der Waals surface area contributed by atoms with Gasteiger partial charge in [-0.1, -0.05) is 62.4 Å². The topological polar surface area (TPSA) is 58.6 Å². The quantitative estimate of drug-likeness (QED) is 0.499. The summed E-state index contributed by atoms with van der Waals surface area (Å²) in [6.07, 6.45) is 2.10. The highest BCUT2D eigenvalue weighted by Crippen LogP contribution is 2.34. The molecule has 0 bridgehead atoms. The van der Waals surface area contributed by atoms with E-state index in [0.717, 1.165) is 23.7 Å². The third-order valence-electron chi connectivity index (χ3n) is 4.73. The molecular formula is C24H26NO3P. The minimum atomic E-state index is -1.30. The van der Waals surface area contributed by atoms with Gasteiger partial charge in [-0.2, -0.15) is 0 Å². The summed E-state index contributed by atoms with van der Waals surface area (Å²) < 4.78 is 5.22. The molecule has 29 heavy (non-hydrogen) atoms. The fraction of sp³-hybridized carbons (Fsp3) is 0.208. The molecule has 0 fully saturated rings. The van der Waals surface area contributed by atoms with E-state index in [-0.39, 0.29) is 0 Å². The van der Waals surface area contributed by atoms with Crippen molar-refractivity contribution in [3.8, 4) is 5.75 Å². The number of benzene rings is 3. The lowest BCUT2D eigenvalue weighted by atomic mass is 10.0. The average Bonchev–Trinajstić information content (AvgIpc) is 2.74. The second-order valence-electron chi connectivity index (χ2n) is 6.74. The molecule has 4 nitrogen and oxygen atoms in total. The molecular weight excluding hydrogens is 381 g/mol. The molecule has 0 heterocycles. The van der Waals surface area contributed by atoms with Gasteiger partial charge < -0.3 is 9.63 Å². The van der Waals surface area contributed by atoms with E-state index in [9.17, 15) is 9.69 Å². The number of aryl methyl sites for hydroxylation is 2. The van der Waals surface area contributed by atoms with Crippen molar-refractivity contribution in [1.29, 1.82) is 0 Å². The van der Waals surface area contributed by atoms with Crippen LogP contribution in [-0.2, 0) is 19.0 Å². The first-order valence-electron chi connectivity index (χ1n) is 9.80. The second kappa shape index (κ2) is 10.2. The van der Waals surface area contributed by atoms with Gasteiger partial charge >= 0.3 is 6.09 Å². The van der Waals surface area contributed by atoms with Crippen LogP contribution in [0.1, 0.15) is 30.5 Å². The molecule has 0 saturated carbocycles. The Kier molecular flexibility index (Phi) is 7.40. The molecule has 3 aromatic carbocycles. The van der Waals surface area contributed by atoms with Gasteiger partial charge in [0.25, 0.3) is 0 Å². The largest absolute Gasteiger partial charge is 0.417 e. The zero-order valence-corrected chi connectivity index (χ0v) is 17.7. The van der Waals surface area contributed by atoms with Crippen LogP contribution in [0.3, 0.4) is 0 Å². The van der Waals surface area contributed by atoms with Gasteiger partial charge in [-0.3, -0.25) is 5.32 Å². The monoisotopic (exact) mass is 407 g/mol. The van der Waals surface area contributed by atoms with E-state index in [1.54, 1.807) is 36.4 Å². The van der Waals surface area contributed by atoms with Crippen LogP contribution in [0.4, 0.5) is 10.5 Å². The maximum Gasteiger partial charge on any atom is 0.417 e. The predicted molar refractivity (Wildman–Crippen MR) is 120 cm³/mol. The van der Waals surface area contributed by atoms with Gasteiger partial charge in [0.05, 0.1) is 8.15 Å². The van der Waals surface area contributed by atoms with Crippen molar-refractivity contribution < 1.29 is 14.4 Å². The molecule has 5 heteroatoms. The summed E-state index contributed by atoms with van der Waals surface area (Å²) in [6, 6.07) is 22.7. The Labute approximate surface area is 173 Å². The van der Waals surface area contributed by atoms with Crippen molar-refractivity contribution in [3.05, 3.63) is 89.5 Å². The number of amides is 1. The number of hydrogen-bond donors (Lipinski definition) is 2. The molecule has 150 valence electrons. The third kappa shape index (κ3) is 5.90. The lowest BCUT2D eigenvalue weighted by molar-refractivity contribution is 0.215. The molecule has 0 aliphatic rings. The Morgan fingerprint density at radius 1 is 0.931 bits per heavy atom. The first kappa shape index (κ1) is 21.0. The minimum absolute atomic E-state index is 0.487. The van der Waals surface area contributed by atoms with Gasteiger partial charge in [0.1, 0.15) is 5.75 Å². The summed E-state index contributed by atoms with van der Waals surface area (Å²) in [7, 11) is -1.30. The molecule has 0 saturated heterocycles. The SMILES string of the molecule is CCc1ccc(CP(O)c2ccc(NC(=O)Oc3ccccc3)cc2)cc1CC. The van der Waals surface area contributed by atoms with Crippen molar-refractivity contribution in [3.63, 3.8) is 0 Å². The number of hydrogen-bond acceptors (Lipinski definition) is 3. The van der Waals surface area contributed by atoms with Gasteiger partial charge in [0.2, 0.25) is 0 Å². The second-order valence-corrected chi connectivity index (χ2v) is 8.37. The molecule has 0 aromatic heterocycles. The maximum atomic E-state index is 12.0. The van der Waals surface area contributed by atoms with Gasteiger partial charge in [-0.25, -0.2) is 4.79 Å². The lowest BCUT2D eigenvalue weighted by Crippen LogP contribution is -2.17. The normalized spacial score (nSPS) is 11.7. The number of carbonyl (C=O) groups is 1. The van der Waals surface area contributed by atoms with E-state index >= 15 is 0 Å². The van der Waals surface area contributed by atoms with Crippen molar-refractivity contribution >= 4 is 25.2 Å². The Bertz CT molecular complexity index is 942. The minimum Gasteiger partial charge on any atom is -0.410 e. The first-order valence-corrected chi connectivity index (χ1v) is 11.3. The Balaban J connectivity index is 1.60. The highest BCUT2D eigenvalue weighted by Gasteiger charge is 2.11. The number of carbonyl (C=O) groups excluding carboxylic acids is 1. The third-order valence-corrected chi connectivity index (χ3v) is 6.29. The summed E-state index contributed by atoms with van der Waals surface area (Å²) in [5, 5.41) is 3.57. The first-order chi connectivity index (χ1) is 14.1. The highest BCUT2D eigenvalue weighted by molar-refractivity contribution is 7.59. The molecule has 3 rings (SSSR count). The van der Waals surface area contributed by atoms with Crippen molar-refractivity contribution in [2.45, 2.75) is 32.9 Å². The molecule has 1 amide bonds. The molecule has 0 radical (unpaired) electrons. The van der Waals surface area contributed by atoms with Crippen LogP contribution < -0.4 is 15.4 Å². The van der Waals surface area contributed by atoms with Crippen LogP contribution in [0.2, 0.25) is 0 Å². The fourth-order valence-electron chi connectivity index (χ4n) is 3.17. The van der Waals surface area contributed by atoms with Crippen molar-refractivity contribution in [2.75, 3.05) is 5.32 Å². The lowest BCUT2D eigenvalue weighted by Gasteiger charge is -2.14. The van der Waals surface area contributed by atoms with Gasteiger partial charge in [0.15, 0.2) is 0 Å². The van der Waals surface area contributed by atoms with Crippen molar-refractivity contribution in [2.24, 2.45) is 0 Å². The summed E-state index contributed by atoms with van der Waals surface area (Å²) >= 11 is 0. The molecule has 0 aliphatic carbocycles. The van der Waals surface area contributed by atoms with E-state index in [1.807, 2.05) is 18.2 Å². The molecule has 0 aliphatic heterocycles. The number of nitrogens with one attached hydrogen (secondary N) is 1. The zero-order chi connectivity index (χ0) is 20.6. The van der Waals surface area contributed by atoms with Crippen LogP contribution in [-0.4, -0.2) is 11.0 Å². The van der Waals surface area contributed by atoms with Crippen LogP contribution >= 0.6 is 8.15 Å². The van der Waals surface area contributed by atoms with E-state index in [2.05, 4.69) is 37.4 Å². The number of ether oxygens (including phenoxy) is 1. The number of rotatable bonds is 7. The van der Waals surface area contributed by atoms with Crippen LogP contribution in [0.15, 0.2) is 72.8 Å². The Morgan fingerprint density at radius 3 is 2.28 bits per heavy atom. The molecule has 3 aromatic rings. The van der Waals surface area contributed by atoms with Crippen molar-refractivity contribution in [1.82, 2.24) is 0 Å². The maximum absolute atomic E-state index is 12.0.